The molecule has 2 N–H and O–H groups in total. The van der Waals surface area contributed by atoms with Crippen molar-refractivity contribution in [2.75, 3.05) is 0 Å². The van der Waals surface area contributed by atoms with E-state index in [1.54, 1.807) is 0 Å². The van der Waals surface area contributed by atoms with Crippen LogP contribution in [0.4, 0.5) is 0 Å². The van der Waals surface area contributed by atoms with E-state index >= 15 is 0 Å². The molecule has 0 radical (unpaired) electrons. The number of aromatic nitrogens is 2. The highest BCUT2D eigenvalue weighted by Crippen LogP contribution is 2.54. The van der Waals surface area contributed by atoms with Crippen molar-refractivity contribution in [3.05, 3.63) is 442 Å². The molecule has 96 heavy (non-hydrogen) atoms. The molecule has 4 heterocycles. The van der Waals surface area contributed by atoms with Crippen molar-refractivity contribution in [3.8, 4) is 44.5 Å². The average molecular weight is 1220 g/mol. The van der Waals surface area contributed by atoms with Gasteiger partial charge in [0.25, 0.3) is 0 Å². The number of aromatic amines is 2. The summed E-state index contributed by atoms with van der Waals surface area (Å²) in [5.74, 6) is 0. The summed E-state index contributed by atoms with van der Waals surface area (Å²) in [6.45, 7) is 0. The molecule has 2 aliphatic heterocycles. The van der Waals surface area contributed by atoms with E-state index in [0.29, 0.717) is 0 Å². The Morgan fingerprint density at radius 3 is 0.583 bits per heavy atom. The number of hydrogen-bond donors (Lipinski definition) is 2. The van der Waals surface area contributed by atoms with Gasteiger partial charge in [0.2, 0.25) is 0 Å². The summed E-state index contributed by atoms with van der Waals surface area (Å²) in [4.78, 5) is 21.9. The first-order valence-corrected chi connectivity index (χ1v) is 32.8. The second-order valence-electron chi connectivity index (χ2n) is 24.3. The summed E-state index contributed by atoms with van der Waals surface area (Å²) >= 11 is 0. The summed E-state index contributed by atoms with van der Waals surface area (Å²) in [7, 11) is 0. The molecule has 0 amide bonds. The normalized spacial score (nSPS) is 13.8. The van der Waals surface area contributed by atoms with Gasteiger partial charge in [-0.3, -0.25) is 0 Å². The molecular formula is C92H62N4. The van der Waals surface area contributed by atoms with E-state index in [1.807, 2.05) is 0 Å². The van der Waals surface area contributed by atoms with Crippen LogP contribution < -0.4 is 10.7 Å². The standard InChI is InChI=1S/C92H62N4/c1-13-37-61(38-14-1)73-74(62-39-15-2-16-40-62)86-82(70-55-31-10-32-56-70)88-77(65-45-21-5-22-46-65)78(66-47-23-6-24-48-66)90(95-88)84(72-59-35-12-36-60-72)92-80(68-51-27-8-28-52-68)79(67-49-25-7-26-50-67)91(96-92)83(71-57-33-11-34-58-71)89-76(64-43-19-4-20-44-64)75(63-41-17-3-18-42-63)87(94-89)81(85(73)93-86)69-53-29-9-30-54-69/h1-60,93,96H. The van der Waals surface area contributed by atoms with Gasteiger partial charge >= 0.3 is 0 Å². The van der Waals surface area contributed by atoms with Crippen molar-refractivity contribution in [1.29, 1.82) is 0 Å². The molecule has 0 fully saturated rings. The zero-order chi connectivity index (χ0) is 63.7. The van der Waals surface area contributed by atoms with Gasteiger partial charge in [-0.05, 0) is 66.8 Å². The Morgan fingerprint density at radius 1 is 0.156 bits per heavy atom. The molecule has 3 aliphatic rings. The van der Waals surface area contributed by atoms with E-state index in [4.69, 9.17) is 9.98 Å². The first kappa shape index (κ1) is 57.2. The Morgan fingerprint density at radius 2 is 0.344 bits per heavy atom. The largest absolute Gasteiger partial charge is 0.353 e. The van der Waals surface area contributed by atoms with Gasteiger partial charge in [-0.2, -0.15) is 0 Å². The number of allylic oxidation sites excluding steroid dienone is 4. The predicted molar refractivity (Wildman–Crippen MR) is 400 cm³/mol. The molecular weight excluding hydrogens is 1160 g/mol. The fraction of sp³-hybridized carbons (Fsp3) is 0. The van der Waals surface area contributed by atoms with Gasteiger partial charge in [-0.25, -0.2) is 9.98 Å². The van der Waals surface area contributed by atoms with Crippen molar-refractivity contribution < 1.29 is 0 Å². The summed E-state index contributed by atoms with van der Waals surface area (Å²) in [6.07, 6.45) is 0. The number of nitrogens with one attached hydrogen (secondary N) is 2. The Balaban J connectivity index is 1.24. The summed E-state index contributed by atoms with van der Waals surface area (Å²) in [6, 6.07) is 131. The van der Waals surface area contributed by atoms with Gasteiger partial charge in [-0.1, -0.05) is 364 Å². The lowest BCUT2D eigenvalue weighted by atomic mass is 9.83. The van der Waals surface area contributed by atoms with E-state index in [9.17, 15) is 0 Å². The third kappa shape index (κ3) is 10.1. The molecule has 8 bridgehead atoms. The molecule has 12 aromatic carbocycles. The van der Waals surface area contributed by atoms with E-state index in [-0.39, 0.29) is 0 Å². The van der Waals surface area contributed by atoms with Crippen LogP contribution in [0, 0.1) is 0 Å². The van der Waals surface area contributed by atoms with Crippen molar-refractivity contribution in [3.63, 3.8) is 0 Å². The van der Waals surface area contributed by atoms with Crippen LogP contribution in [-0.4, -0.2) is 21.4 Å². The highest BCUT2D eigenvalue weighted by atomic mass is 14.9. The van der Waals surface area contributed by atoms with Gasteiger partial charge < -0.3 is 9.97 Å². The number of fused-ring (bicyclic) bond motifs is 10. The van der Waals surface area contributed by atoms with Crippen LogP contribution in [0.5, 0.6) is 0 Å². The minimum absolute atomic E-state index is 0.825. The Labute approximate surface area is 559 Å². The topological polar surface area (TPSA) is 56.3 Å². The number of hydrogen-bond acceptors (Lipinski definition) is 2. The van der Waals surface area contributed by atoms with E-state index < -0.39 is 0 Å². The van der Waals surface area contributed by atoms with Crippen molar-refractivity contribution in [2.24, 2.45) is 9.98 Å². The lowest BCUT2D eigenvalue weighted by molar-refractivity contribution is 1.25. The van der Waals surface area contributed by atoms with Crippen LogP contribution in [-0.2, 0) is 0 Å². The summed E-state index contributed by atoms with van der Waals surface area (Å²) in [5.41, 5.74) is 29.3. The molecule has 0 unspecified atom stereocenters. The minimum Gasteiger partial charge on any atom is -0.353 e. The van der Waals surface area contributed by atoms with Gasteiger partial charge in [0.05, 0.1) is 44.9 Å². The molecule has 2 aromatic heterocycles. The highest BCUT2D eigenvalue weighted by Gasteiger charge is 2.39. The summed E-state index contributed by atoms with van der Waals surface area (Å²) in [5, 5.41) is 1.82. The quantitative estimate of drug-likeness (QED) is 0.122. The van der Waals surface area contributed by atoms with Gasteiger partial charge in [0.15, 0.2) is 0 Å². The minimum atomic E-state index is 0.825. The molecule has 1 aliphatic carbocycles. The Bertz CT molecular complexity index is 5210. The molecule has 450 valence electrons. The molecule has 0 atom stereocenters. The first-order valence-electron chi connectivity index (χ1n) is 32.8. The Hall–Kier alpha value is -12.8. The average Bonchev–Trinajstić information content (AvgIpc) is 1.55. The second-order valence-corrected chi connectivity index (χ2v) is 24.3. The highest BCUT2D eigenvalue weighted by molar-refractivity contribution is 6.53. The molecule has 14 aromatic rings. The molecule has 4 nitrogen and oxygen atoms in total. The maximum absolute atomic E-state index is 6.48. The van der Waals surface area contributed by atoms with E-state index in [2.05, 4.69) is 374 Å². The SMILES string of the molecule is c1ccc(C2=C(c3ccccc3)C3=C(c4ccccc4)c4[nH]c(c(-c5ccccc5)c4-c4ccccc4)C(c4ccccc4)=C4N=C(C(c5ccccc5)=C4c4ccccc4)C(c4ccccc4)=c4[nH]c(c(-c5ccccc5)c4-c4ccccc4)=C(c4ccccc4)C2=N3)cc1. The van der Waals surface area contributed by atoms with Crippen LogP contribution in [0.25, 0.3) is 89.1 Å². The lowest BCUT2D eigenvalue weighted by Crippen LogP contribution is -2.23. The maximum Gasteiger partial charge on any atom is 0.0822 e. The third-order valence-corrected chi connectivity index (χ3v) is 18.6. The van der Waals surface area contributed by atoms with Crippen LogP contribution >= 0.6 is 0 Å². The van der Waals surface area contributed by atoms with Gasteiger partial charge in [0, 0.05) is 66.8 Å². The van der Waals surface area contributed by atoms with E-state index in [0.717, 1.165) is 179 Å². The lowest BCUT2D eigenvalue weighted by Gasteiger charge is -2.17. The molecule has 4 heteroatoms. The number of benzene rings is 12. The smallest absolute Gasteiger partial charge is 0.0822 e. The third-order valence-electron chi connectivity index (χ3n) is 18.6. The number of aliphatic imine (C=N–C) groups is 2. The van der Waals surface area contributed by atoms with Crippen LogP contribution in [0.15, 0.2) is 385 Å². The predicted octanol–water partition coefficient (Wildman–Crippen LogP) is 20.8. The van der Waals surface area contributed by atoms with E-state index in [1.165, 1.54) is 0 Å². The van der Waals surface area contributed by atoms with Gasteiger partial charge in [0.1, 0.15) is 0 Å². The van der Waals surface area contributed by atoms with Gasteiger partial charge in [-0.15, -0.1) is 0 Å². The molecule has 0 spiro atoms. The van der Waals surface area contributed by atoms with Crippen molar-refractivity contribution >= 4 is 56.0 Å². The molecule has 0 saturated heterocycles. The number of H-pyrrole nitrogens is 2. The van der Waals surface area contributed by atoms with Crippen LogP contribution in [0.1, 0.15) is 55.9 Å². The Kier molecular flexibility index (Phi) is 14.9. The fourth-order valence-electron chi connectivity index (χ4n) is 14.5. The van der Waals surface area contributed by atoms with Crippen LogP contribution in [0.2, 0.25) is 0 Å². The van der Waals surface area contributed by atoms with Crippen molar-refractivity contribution in [2.45, 2.75) is 0 Å². The van der Waals surface area contributed by atoms with Crippen molar-refractivity contribution in [1.82, 2.24) is 9.97 Å². The number of nitrogens with zero attached hydrogens (tertiary/aromatic N) is 2. The monoisotopic (exact) mass is 1220 g/mol. The first-order chi connectivity index (χ1) is 47.7. The zero-order valence-electron chi connectivity index (χ0n) is 52.5. The summed E-state index contributed by atoms with van der Waals surface area (Å²) < 4.78 is 0. The second kappa shape index (κ2) is 25.0. The van der Waals surface area contributed by atoms with Crippen LogP contribution in [0.3, 0.4) is 0 Å². The number of rotatable bonds is 12. The maximum atomic E-state index is 6.48. The fourth-order valence-corrected chi connectivity index (χ4v) is 14.5. The molecule has 0 saturated carbocycles. The molecule has 17 rings (SSSR count). The zero-order valence-corrected chi connectivity index (χ0v) is 52.5.